The Bertz CT molecular complexity index is 394. The summed E-state index contributed by atoms with van der Waals surface area (Å²) in [6.45, 7) is 1.80. The highest BCUT2D eigenvalue weighted by Gasteiger charge is 2.28. The van der Waals surface area contributed by atoms with Crippen LogP contribution in [-0.4, -0.2) is 22.0 Å². The summed E-state index contributed by atoms with van der Waals surface area (Å²) in [6, 6.07) is 1.23. The molecule has 0 spiro atoms. The number of aromatic carboxylic acids is 1. The van der Waals surface area contributed by atoms with Gasteiger partial charge in [-0.2, -0.15) is 0 Å². The molecule has 2 rings (SSSR count). The van der Waals surface area contributed by atoms with E-state index in [1.54, 1.807) is 6.92 Å². The normalized spacial score (nSPS) is 19.8. The first kappa shape index (κ1) is 7.85. The summed E-state index contributed by atoms with van der Waals surface area (Å²) in [5.74, 6) is -1.26. The van der Waals surface area contributed by atoms with Gasteiger partial charge in [0.15, 0.2) is 0 Å². The number of carboxylic acids is 1. The number of rotatable bonds is 1. The molecular formula is C8H8N2O3. The van der Waals surface area contributed by atoms with Crippen LogP contribution in [0.4, 0.5) is 0 Å². The van der Waals surface area contributed by atoms with Crippen LogP contribution in [0, 0.1) is 0 Å². The van der Waals surface area contributed by atoms with Crippen molar-refractivity contribution in [2.45, 2.75) is 13.0 Å². The highest BCUT2D eigenvalue weighted by Crippen LogP contribution is 2.24. The number of hydrogen-bond donors (Lipinski definition) is 3. The molecule has 2 heterocycles. The van der Waals surface area contributed by atoms with Crippen molar-refractivity contribution in [3.63, 3.8) is 0 Å². The van der Waals surface area contributed by atoms with Gasteiger partial charge in [-0.05, 0) is 13.0 Å². The standard InChI is InChI=1S/C8H8N2O3/c1-3-6-4(7(11)9-3)2-5(10-6)8(12)13/h2-3,10H,1H3,(H,9,11)(H,12,13)/t3-/m0/s1. The van der Waals surface area contributed by atoms with Gasteiger partial charge in [0.25, 0.3) is 5.91 Å². The second-order valence-corrected chi connectivity index (χ2v) is 3.01. The van der Waals surface area contributed by atoms with E-state index in [4.69, 9.17) is 5.11 Å². The lowest BCUT2D eigenvalue weighted by Crippen LogP contribution is -2.17. The maximum atomic E-state index is 11.2. The Labute approximate surface area is 73.8 Å². The predicted octanol–water partition coefficient (Wildman–Crippen LogP) is 0.517. The molecule has 3 N–H and O–H groups in total. The minimum absolute atomic E-state index is 0.0618. The largest absolute Gasteiger partial charge is 0.477 e. The maximum Gasteiger partial charge on any atom is 0.352 e. The third-order valence-electron chi connectivity index (χ3n) is 2.10. The van der Waals surface area contributed by atoms with E-state index in [1.165, 1.54) is 6.07 Å². The fraction of sp³-hybridized carbons (Fsp3) is 0.250. The summed E-state index contributed by atoms with van der Waals surface area (Å²) in [4.78, 5) is 24.4. The number of nitrogens with one attached hydrogen (secondary N) is 2. The smallest absolute Gasteiger partial charge is 0.352 e. The average Bonchev–Trinajstić information content (AvgIpc) is 2.55. The summed E-state index contributed by atoms with van der Waals surface area (Å²) in [7, 11) is 0. The predicted molar refractivity (Wildman–Crippen MR) is 43.6 cm³/mol. The zero-order valence-electron chi connectivity index (χ0n) is 6.92. The number of carboxylic acid groups (broad SMARTS) is 1. The summed E-state index contributed by atoms with van der Waals surface area (Å²) < 4.78 is 0. The van der Waals surface area contributed by atoms with Crippen LogP contribution in [0.5, 0.6) is 0 Å². The van der Waals surface area contributed by atoms with Crippen LogP contribution < -0.4 is 5.32 Å². The van der Waals surface area contributed by atoms with E-state index in [0.717, 1.165) is 0 Å². The number of carbonyl (C=O) groups excluding carboxylic acids is 1. The van der Waals surface area contributed by atoms with Crippen LogP contribution >= 0.6 is 0 Å². The number of carbonyl (C=O) groups is 2. The Morgan fingerprint density at radius 1 is 1.62 bits per heavy atom. The lowest BCUT2D eigenvalue weighted by Gasteiger charge is -2.01. The van der Waals surface area contributed by atoms with Gasteiger partial charge in [-0.3, -0.25) is 4.79 Å². The van der Waals surface area contributed by atoms with Gasteiger partial charge in [-0.1, -0.05) is 0 Å². The molecular weight excluding hydrogens is 172 g/mol. The van der Waals surface area contributed by atoms with Crippen molar-refractivity contribution in [2.24, 2.45) is 0 Å². The minimum atomic E-state index is -1.05. The van der Waals surface area contributed by atoms with E-state index in [-0.39, 0.29) is 17.6 Å². The third-order valence-corrected chi connectivity index (χ3v) is 2.10. The van der Waals surface area contributed by atoms with Gasteiger partial charge in [0.1, 0.15) is 5.69 Å². The lowest BCUT2D eigenvalue weighted by atomic mass is 10.2. The molecule has 1 amide bonds. The van der Waals surface area contributed by atoms with E-state index in [2.05, 4.69) is 10.3 Å². The molecule has 1 aromatic rings. The van der Waals surface area contributed by atoms with Crippen molar-refractivity contribution < 1.29 is 14.7 Å². The van der Waals surface area contributed by atoms with Gasteiger partial charge in [0.05, 0.1) is 17.3 Å². The fourth-order valence-electron chi connectivity index (χ4n) is 1.46. The molecule has 5 nitrogen and oxygen atoms in total. The maximum absolute atomic E-state index is 11.2. The molecule has 1 aliphatic rings. The Morgan fingerprint density at radius 3 is 2.85 bits per heavy atom. The van der Waals surface area contributed by atoms with Gasteiger partial charge in [0, 0.05) is 0 Å². The number of amides is 1. The van der Waals surface area contributed by atoms with Crippen molar-refractivity contribution >= 4 is 11.9 Å². The number of hydrogen-bond acceptors (Lipinski definition) is 2. The van der Waals surface area contributed by atoms with Crippen molar-refractivity contribution in [1.29, 1.82) is 0 Å². The molecule has 0 aliphatic carbocycles. The minimum Gasteiger partial charge on any atom is -0.477 e. The molecule has 13 heavy (non-hydrogen) atoms. The summed E-state index contributed by atoms with van der Waals surface area (Å²) in [5.41, 5.74) is 1.15. The topological polar surface area (TPSA) is 82.2 Å². The first-order valence-corrected chi connectivity index (χ1v) is 3.86. The first-order chi connectivity index (χ1) is 6.09. The Hall–Kier alpha value is -1.78. The summed E-state index contributed by atoms with van der Waals surface area (Å²) in [5, 5.41) is 11.3. The highest BCUT2D eigenvalue weighted by atomic mass is 16.4. The SMILES string of the molecule is C[C@@H]1NC(=O)c2cc(C(=O)O)[nH]c21. The lowest BCUT2D eigenvalue weighted by molar-refractivity contribution is 0.0691. The molecule has 0 fully saturated rings. The second kappa shape index (κ2) is 2.35. The van der Waals surface area contributed by atoms with E-state index >= 15 is 0 Å². The van der Waals surface area contributed by atoms with Crippen molar-refractivity contribution in [3.8, 4) is 0 Å². The van der Waals surface area contributed by atoms with Crippen LogP contribution in [0.2, 0.25) is 0 Å². The van der Waals surface area contributed by atoms with Crippen LogP contribution in [0.1, 0.15) is 39.5 Å². The van der Waals surface area contributed by atoms with Crippen molar-refractivity contribution in [2.75, 3.05) is 0 Å². The molecule has 0 radical (unpaired) electrons. The van der Waals surface area contributed by atoms with Gasteiger partial charge in [-0.25, -0.2) is 4.79 Å². The fourth-order valence-corrected chi connectivity index (χ4v) is 1.46. The Morgan fingerprint density at radius 2 is 2.31 bits per heavy atom. The van der Waals surface area contributed by atoms with Crippen molar-refractivity contribution in [1.82, 2.24) is 10.3 Å². The molecule has 5 heteroatoms. The zero-order chi connectivity index (χ0) is 9.59. The Balaban J connectivity index is 2.52. The number of aromatic nitrogens is 1. The van der Waals surface area contributed by atoms with Gasteiger partial charge >= 0.3 is 5.97 Å². The molecule has 0 aromatic carbocycles. The van der Waals surface area contributed by atoms with Crippen LogP contribution in [0.15, 0.2) is 6.07 Å². The molecule has 1 atom stereocenters. The highest BCUT2D eigenvalue weighted by molar-refractivity contribution is 6.01. The quantitative estimate of drug-likeness (QED) is 0.589. The van der Waals surface area contributed by atoms with Crippen LogP contribution in [0.25, 0.3) is 0 Å². The molecule has 1 aliphatic heterocycles. The van der Waals surface area contributed by atoms with E-state index < -0.39 is 5.97 Å². The molecule has 0 saturated carbocycles. The number of aromatic amines is 1. The molecule has 0 unspecified atom stereocenters. The molecule has 68 valence electrons. The van der Waals surface area contributed by atoms with Gasteiger partial charge < -0.3 is 15.4 Å². The molecule has 0 saturated heterocycles. The van der Waals surface area contributed by atoms with Gasteiger partial charge in [-0.15, -0.1) is 0 Å². The average molecular weight is 180 g/mol. The van der Waals surface area contributed by atoms with E-state index in [9.17, 15) is 9.59 Å². The summed E-state index contributed by atoms with van der Waals surface area (Å²) >= 11 is 0. The molecule has 1 aromatic heterocycles. The monoisotopic (exact) mass is 180 g/mol. The van der Waals surface area contributed by atoms with Crippen LogP contribution in [0.3, 0.4) is 0 Å². The number of H-pyrrole nitrogens is 1. The summed E-state index contributed by atoms with van der Waals surface area (Å²) in [6.07, 6.45) is 0. The Kier molecular flexibility index (Phi) is 1.42. The van der Waals surface area contributed by atoms with Crippen LogP contribution in [-0.2, 0) is 0 Å². The molecule has 0 bridgehead atoms. The van der Waals surface area contributed by atoms with Crippen molar-refractivity contribution in [3.05, 3.63) is 23.0 Å². The second-order valence-electron chi connectivity index (χ2n) is 3.01. The third kappa shape index (κ3) is 1.00. The zero-order valence-corrected chi connectivity index (χ0v) is 6.92. The van der Waals surface area contributed by atoms with Gasteiger partial charge in [0.2, 0.25) is 0 Å². The van der Waals surface area contributed by atoms with E-state index in [1.807, 2.05) is 0 Å². The first-order valence-electron chi connectivity index (χ1n) is 3.86. The number of fused-ring (bicyclic) bond motifs is 1. The van der Waals surface area contributed by atoms with E-state index in [0.29, 0.717) is 11.3 Å².